The van der Waals surface area contributed by atoms with Gasteiger partial charge in [-0.25, -0.2) is 9.38 Å². The van der Waals surface area contributed by atoms with Gasteiger partial charge in [-0.15, -0.1) is 0 Å². The highest BCUT2D eigenvalue weighted by Crippen LogP contribution is 2.30. The van der Waals surface area contributed by atoms with Crippen molar-refractivity contribution in [2.24, 2.45) is 4.99 Å². The Labute approximate surface area is 200 Å². The summed E-state index contributed by atoms with van der Waals surface area (Å²) < 4.78 is 14.1. The Morgan fingerprint density at radius 1 is 1.06 bits per heavy atom. The summed E-state index contributed by atoms with van der Waals surface area (Å²) in [5.74, 6) is -0.822. The highest BCUT2D eigenvalue weighted by atomic mass is 35.5. The molecule has 3 aromatic carbocycles. The number of amides is 2. The summed E-state index contributed by atoms with van der Waals surface area (Å²) in [6, 6.07) is 22.5. The van der Waals surface area contributed by atoms with Crippen LogP contribution in [0.2, 0.25) is 5.02 Å². The van der Waals surface area contributed by atoms with E-state index in [2.05, 4.69) is 10.3 Å². The SMILES string of the molecule is O=C(Nc1ccc(Cl)cc1)C1CC(=O)N(CCc2ccccc2F)C(=Nc2ccccc2)S1. The molecule has 0 radical (unpaired) electrons. The molecule has 168 valence electrons. The molecule has 0 bridgehead atoms. The Morgan fingerprint density at radius 2 is 1.76 bits per heavy atom. The molecule has 8 heteroatoms. The molecule has 4 rings (SSSR count). The van der Waals surface area contributed by atoms with E-state index in [1.54, 1.807) is 42.5 Å². The monoisotopic (exact) mass is 481 g/mol. The van der Waals surface area contributed by atoms with E-state index in [4.69, 9.17) is 11.6 Å². The number of nitrogens with one attached hydrogen (secondary N) is 1. The molecule has 33 heavy (non-hydrogen) atoms. The zero-order valence-electron chi connectivity index (χ0n) is 17.6. The Bertz CT molecular complexity index is 1170. The summed E-state index contributed by atoms with van der Waals surface area (Å²) in [7, 11) is 0. The van der Waals surface area contributed by atoms with Gasteiger partial charge in [0.25, 0.3) is 0 Å². The van der Waals surface area contributed by atoms with E-state index in [1.165, 1.54) is 22.7 Å². The van der Waals surface area contributed by atoms with Gasteiger partial charge in [0.2, 0.25) is 11.8 Å². The minimum Gasteiger partial charge on any atom is -0.325 e. The van der Waals surface area contributed by atoms with Gasteiger partial charge in [-0.2, -0.15) is 0 Å². The smallest absolute Gasteiger partial charge is 0.238 e. The standard InChI is InChI=1S/C25H21ClFN3O2S/c26-18-10-12-20(13-11-18)28-24(32)22-16-23(31)30(15-14-17-6-4-5-9-21(17)27)25(33-22)29-19-7-2-1-3-8-19/h1-13,22H,14-16H2,(H,28,32). The topological polar surface area (TPSA) is 61.8 Å². The summed E-state index contributed by atoms with van der Waals surface area (Å²) in [6.45, 7) is 0.268. The molecule has 1 N–H and O–H groups in total. The second-order valence-electron chi connectivity index (χ2n) is 7.42. The van der Waals surface area contributed by atoms with E-state index < -0.39 is 5.25 Å². The molecule has 1 fully saturated rings. The maximum atomic E-state index is 14.1. The molecule has 2 amide bonds. The molecule has 3 aromatic rings. The number of carbonyl (C=O) groups is 2. The minimum atomic E-state index is -0.639. The number of para-hydroxylation sites is 1. The fraction of sp³-hybridized carbons (Fsp3) is 0.160. The molecular weight excluding hydrogens is 461 g/mol. The van der Waals surface area contributed by atoms with Gasteiger partial charge in [0.1, 0.15) is 11.1 Å². The molecule has 0 saturated carbocycles. The molecule has 1 heterocycles. The third kappa shape index (κ3) is 6.00. The number of aliphatic imine (C=N–C) groups is 1. The number of halogens is 2. The number of nitrogens with zero attached hydrogens (tertiary/aromatic N) is 2. The highest BCUT2D eigenvalue weighted by molar-refractivity contribution is 8.15. The largest absolute Gasteiger partial charge is 0.325 e. The molecule has 1 atom stereocenters. The molecular formula is C25H21ClFN3O2S. The lowest BCUT2D eigenvalue weighted by Crippen LogP contribution is -2.46. The number of carbonyl (C=O) groups excluding carboxylic acids is 2. The van der Waals surface area contributed by atoms with Crippen LogP contribution in [0.4, 0.5) is 15.8 Å². The highest BCUT2D eigenvalue weighted by Gasteiger charge is 2.35. The first-order chi connectivity index (χ1) is 16.0. The summed E-state index contributed by atoms with van der Waals surface area (Å²) in [4.78, 5) is 32.1. The maximum absolute atomic E-state index is 14.1. The maximum Gasteiger partial charge on any atom is 0.238 e. The van der Waals surface area contributed by atoms with Crippen LogP contribution >= 0.6 is 23.4 Å². The number of thioether (sulfide) groups is 1. The van der Waals surface area contributed by atoms with Gasteiger partial charge in [-0.05, 0) is 54.4 Å². The summed E-state index contributed by atoms with van der Waals surface area (Å²) in [5, 5.41) is 3.18. The first-order valence-electron chi connectivity index (χ1n) is 10.4. The third-order valence-electron chi connectivity index (χ3n) is 5.09. The predicted octanol–water partition coefficient (Wildman–Crippen LogP) is 5.68. The van der Waals surface area contributed by atoms with Crippen molar-refractivity contribution in [2.75, 3.05) is 11.9 Å². The molecule has 1 unspecified atom stereocenters. The van der Waals surface area contributed by atoms with Crippen molar-refractivity contribution in [1.29, 1.82) is 0 Å². The molecule has 0 aromatic heterocycles. The lowest BCUT2D eigenvalue weighted by Gasteiger charge is -2.32. The van der Waals surface area contributed by atoms with Crippen molar-refractivity contribution in [2.45, 2.75) is 18.1 Å². The van der Waals surface area contributed by atoms with Gasteiger partial charge in [0.15, 0.2) is 5.17 Å². The normalized spacial score (nSPS) is 17.3. The number of rotatable bonds is 6. The van der Waals surface area contributed by atoms with Crippen LogP contribution in [0.3, 0.4) is 0 Å². The van der Waals surface area contributed by atoms with Crippen LogP contribution < -0.4 is 5.32 Å². The van der Waals surface area contributed by atoms with Crippen LogP contribution in [0.1, 0.15) is 12.0 Å². The second-order valence-corrected chi connectivity index (χ2v) is 9.03. The first kappa shape index (κ1) is 23.0. The van der Waals surface area contributed by atoms with Crippen molar-refractivity contribution < 1.29 is 14.0 Å². The average Bonchev–Trinajstić information content (AvgIpc) is 2.81. The van der Waals surface area contributed by atoms with Crippen molar-refractivity contribution in [3.63, 3.8) is 0 Å². The summed E-state index contributed by atoms with van der Waals surface area (Å²) >= 11 is 7.14. The molecule has 5 nitrogen and oxygen atoms in total. The van der Waals surface area contributed by atoms with Gasteiger partial charge in [0.05, 0.1) is 5.69 Å². The Hall–Kier alpha value is -3.16. The number of anilines is 1. The Balaban J connectivity index is 1.54. The number of hydrogen-bond acceptors (Lipinski definition) is 4. The van der Waals surface area contributed by atoms with E-state index in [1.807, 2.05) is 30.3 Å². The molecule has 1 saturated heterocycles. The van der Waals surface area contributed by atoms with Crippen molar-refractivity contribution in [3.05, 3.63) is 95.3 Å². The van der Waals surface area contributed by atoms with Crippen LogP contribution in [0.5, 0.6) is 0 Å². The minimum absolute atomic E-state index is 0.0230. The molecule has 0 aliphatic carbocycles. The zero-order chi connectivity index (χ0) is 23.2. The van der Waals surface area contributed by atoms with Gasteiger partial charge < -0.3 is 5.32 Å². The van der Waals surface area contributed by atoms with Gasteiger partial charge in [-0.1, -0.05) is 59.8 Å². The second kappa shape index (κ2) is 10.6. The van der Waals surface area contributed by atoms with Crippen LogP contribution in [-0.4, -0.2) is 33.7 Å². The third-order valence-corrected chi connectivity index (χ3v) is 6.53. The fourth-order valence-electron chi connectivity index (χ4n) is 3.36. The molecule has 0 spiro atoms. The number of hydrogen-bond donors (Lipinski definition) is 1. The van der Waals surface area contributed by atoms with E-state index in [9.17, 15) is 14.0 Å². The van der Waals surface area contributed by atoms with E-state index >= 15 is 0 Å². The zero-order valence-corrected chi connectivity index (χ0v) is 19.2. The Morgan fingerprint density at radius 3 is 2.48 bits per heavy atom. The van der Waals surface area contributed by atoms with Gasteiger partial charge in [-0.3, -0.25) is 14.5 Å². The van der Waals surface area contributed by atoms with E-state index in [0.717, 1.165) is 0 Å². The fourth-order valence-corrected chi connectivity index (χ4v) is 4.61. The number of benzene rings is 3. The first-order valence-corrected chi connectivity index (χ1v) is 11.7. The van der Waals surface area contributed by atoms with Crippen LogP contribution in [0, 0.1) is 5.82 Å². The average molecular weight is 482 g/mol. The van der Waals surface area contributed by atoms with Crippen LogP contribution in [0.15, 0.2) is 83.9 Å². The van der Waals surface area contributed by atoms with Gasteiger partial charge >= 0.3 is 0 Å². The van der Waals surface area contributed by atoms with Crippen LogP contribution in [0.25, 0.3) is 0 Å². The lowest BCUT2D eigenvalue weighted by atomic mass is 10.1. The summed E-state index contributed by atoms with van der Waals surface area (Å²) in [5.41, 5.74) is 1.79. The molecule has 1 aliphatic rings. The summed E-state index contributed by atoms with van der Waals surface area (Å²) in [6.07, 6.45) is 0.365. The predicted molar refractivity (Wildman–Crippen MR) is 131 cm³/mol. The molecule has 1 aliphatic heterocycles. The van der Waals surface area contributed by atoms with Crippen molar-refractivity contribution in [1.82, 2.24) is 4.90 Å². The van der Waals surface area contributed by atoms with Gasteiger partial charge in [0, 0.05) is 23.7 Å². The van der Waals surface area contributed by atoms with E-state index in [-0.39, 0.29) is 30.6 Å². The Kier molecular flexibility index (Phi) is 7.42. The van der Waals surface area contributed by atoms with Crippen molar-refractivity contribution in [3.8, 4) is 0 Å². The number of amidine groups is 1. The van der Waals surface area contributed by atoms with E-state index in [0.29, 0.717) is 33.5 Å². The lowest BCUT2D eigenvalue weighted by molar-refractivity contribution is -0.129. The van der Waals surface area contributed by atoms with Crippen molar-refractivity contribution >= 4 is 51.7 Å². The van der Waals surface area contributed by atoms with Crippen LogP contribution in [-0.2, 0) is 16.0 Å². The quantitative estimate of drug-likeness (QED) is 0.492.